The smallest absolute Gasteiger partial charge is 0.327 e. The normalized spacial score (nSPS) is 24.9. The van der Waals surface area contributed by atoms with Gasteiger partial charge in [0.2, 0.25) is 82.7 Å². The standard InChI is InChI=1S/C69H109N19O19S2/c1-7-8-17-45-59(97)77-38(6)56(94)81-46(26-36(2)3)61(99)84-49(29-40-20-22-41(91)23-21-40)64(102)83-47(27-37(4)5)62(100)86-51(32-89)66(104)79-43(18-12-13-24-70)58(96)76-31-55(93)78-44(19-14-25-75-69(73)74)60(98)88-53(68(106)107)35-109-108-34-42(71)57(95)82-50(30-54(72)92)65(103)87-52(33-90)67(105)85-48(63(101)80-45)28-39-15-10-9-11-16-39/h9-11,15-16,20-23,36-38,42-53,89-91H,7-8,12-14,17-19,24-35,70-71H2,1-6H3,(H2,72,92)(H,76,96)(H,77,97)(H,78,93)(H,79,104)(H,80,101)(H,81,94)(H,82,95)(H,83,102)(H,84,99)(H,85,105)(H,86,100)(H,87,103)(H,88,98)(H,106,107)(H4,73,74,75)/t38-,42-,43-,44?,45?,46-,47-,48-,49?,50-,51?,52?,53-/m0/s1. The highest BCUT2D eigenvalue weighted by Crippen LogP contribution is 2.23. The topological polar surface area (TPSA) is 636 Å². The number of phenolic OH excluding ortho intramolecular Hbond substituents is 1. The number of carbonyl (C=O) groups is 15. The van der Waals surface area contributed by atoms with E-state index >= 15 is 0 Å². The molecule has 0 aliphatic carbocycles. The molecule has 3 rings (SSSR count). The number of hydrogen-bond donors (Lipinski definition) is 22. The number of guanidine groups is 1. The van der Waals surface area contributed by atoms with Gasteiger partial charge in [-0.1, -0.05) is 112 Å². The van der Waals surface area contributed by atoms with Gasteiger partial charge in [0.25, 0.3) is 0 Å². The van der Waals surface area contributed by atoms with Gasteiger partial charge in [0.1, 0.15) is 78.3 Å². The first kappa shape index (κ1) is 93.3. The molecular formula is C69H109N19O19S2. The lowest BCUT2D eigenvalue weighted by molar-refractivity contribution is -0.141. The number of phenols is 1. The Bertz CT molecular complexity index is 3410. The second-order valence-electron chi connectivity index (χ2n) is 26.9. The summed E-state index contributed by atoms with van der Waals surface area (Å²) in [6.07, 6.45) is -0.285. The Labute approximate surface area is 639 Å². The van der Waals surface area contributed by atoms with Crippen molar-refractivity contribution in [2.24, 2.45) is 45.5 Å². The fraction of sp³-hybridized carbons (Fsp3) is 0.594. The van der Waals surface area contributed by atoms with Crippen LogP contribution < -0.4 is 97.8 Å². The fourth-order valence-corrected chi connectivity index (χ4v) is 13.0. The number of amides is 14. The van der Waals surface area contributed by atoms with Crippen LogP contribution in [0.15, 0.2) is 59.6 Å². The van der Waals surface area contributed by atoms with Crippen LogP contribution in [0.25, 0.3) is 0 Å². The van der Waals surface area contributed by atoms with E-state index in [2.05, 4.69) is 74.1 Å². The number of unbranched alkanes of at least 4 members (excludes halogenated alkanes) is 2. The zero-order valence-electron chi connectivity index (χ0n) is 62.1. The Balaban J connectivity index is 2.17. The molecule has 606 valence electrons. The van der Waals surface area contributed by atoms with Crippen LogP contribution in [0.1, 0.15) is 123 Å². The van der Waals surface area contributed by atoms with E-state index in [0.717, 1.165) is 21.6 Å². The van der Waals surface area contributed by atoms with Crippen molar-refractivity contribution in [2.45, 2.75) is 204 Å². The third kappa shape index (κ3) is 35.3. The predicted molar refractivity (Wildman–Crippen MR) is 404 cm³/mol. The number of carboxylic acid groups (broad SMARTS) is 1. The number of aliphatic imine (C=N–C) groups is 1. The lowest BCUT2D eigenvalue weighted by Crippen LogP contribution is -2.61. The SMILES string of the molecule is CCCCC1NC(=O)[C@H](Cc2ccccc2)NC(=O)C(CO)NC(=O)[C@H](CC(N)=O)NC(=O)[C@@H](N)CSSC[C@@H](C(=O)O)NC(=O)C(CCCN=C(N)N)NC(=O)CNC(=O)[C@H](CCCCN)NC(=O)C(CO)NC(=O)[C@H](CC(C)C)NC(=O)C(Cc2ccc(O)cc2)NC(=O)[C@H](CC(C)C)NC(=O)[C@H](C)NC1=O. The molecule has 2 aromatic carbocycles. The molecule has 5 unspecified atom stereocenters. The summed E-state index contributed by atoms with van der Waals surface area (Å²) in [6.45, 7) is 7.16. The molecule has 0 aromatic heterocycles. The van der Waals surface area contributed by atoms with Gasteiger partial charge >= 0.3 is 5.97 Å². The van der Waals surface area contributed by atoms with Crippen molar-refractivity contribution in [1.29, 1.82) is 0 Å². The molecule has 109 heavy (non-hydrogen) atoms. The van der Waals surface area contributed by atoms with Crippen LogP contribution in [0, 0.1) is 11.8 Å². The van der Waals surface area contributed by atoms with Crippen molar-refractivity contribution in [2.75, 3.05) is 44.4 Å². The molecule has 27 N–H and O–H groups in total. The molecule has 0 saturated carbocycles. The molecule has 2 aromatic rings. The molecule has 1 aliphatic rings. The molecule has 38 nitrogen and oxygen atoms in total. The summed E-state index contributed by atoms with van der Waals surface area (Å²) in [6, 6.07) is -6.47. The summed E-state index contributed by atoms with van der Waals surface area (Å²) in [5, 5.41) is 73.7. The monoisotopic (exact) mass is 1570 g/mol. The summed E-state index contributed by atoms with van der Waals surface area (Å²) in [4.78, 5) is 212. The predicted octanol–water partition coefficient (Wildman–Crippen LogP) is -5.74. The third-order valence-electron chi connectivity index (χ3n) is 16.6. The van der Waals surface area contributed by atoms with Crippen LogP contribution in [0.5, 0.6) is 5.75 Å². The van der Waals surface area contributed by atoms with Crippen molar-refractivity contribution >= 4 is 116 Å². The number of hydrogen-bond acceptors (Lipinski definition) is 23. The highest BCUT2D eigenvalue weighted by molar-refractivity contribution is 8.76. The maximum absolute atomic E-state index is 14.7. The Hall–Kier alpha value is -9.90. The summed E-state index contributed by atoms with van der Waals surface area (Å²) in [5.41, 5.74) is 29.2. The second kappa shape index (κ2) is 49.2. The fourth-order valence-electron chi connectivity index (χ4n) is 10.7. The highest BCUT2D eigenvalue weighted by atomic mass is 33.1. The van der Waals surface area contributed by atoms with Crippen LogP contribution >= 0.6 is 21.6 Å². The first-order valence-corrected chi connectivity index (χ1v) is 38.3. The van der Waals surface area contributed by atoms with Crippen molar-refractivity contribution in [3.05, 3.63) is 65.7 Å². The van der Waals surface area contributed by atoms with Crippen LogP contribution in [0.4, 0.5) is 0 Å². The Kier molecular flexibility index (Phi) is 42.1. The Morgan fingerprint density at radius 1 is 0.495 bits per heavy atom. The van der Waals surface area contributed by atoms with Crippen molar-refractivity contribution < 1.29 is 92.3 Å². The molecule has 0 spiro atoms. The van der Waals surface area contributed by atoms with E-state index in [4.69, 9.17) is 28.7 Å². The minimum Gasteiger partial charge on any atom is -0.508 e. The van der Waals surface area contributed by atoms with Gasteiger partial charge in [-0.3, -0.25) is 72.1 Å². The number of benzene rings is 2. The molecule has 1 fully saturated rings. The number of nitrogens with zero attached hydrogens (tertiary/aromatic N) is 1. The van der Waals surface area contributed by atoms with Crippen molar-refractivity contribution in [3.8, 4) is 5.75 Å². The number of primary amides is 1. The van der Waals surface area contributed by atoms with Crippen LogP contribution in [0.2, 0.25) is 0 Å². The van der Waals surface area contributed by atoms with E-state index in [1.165, 1.54) is 31.2 Å². The Morgan fingerprint density at radius 2 is 0.917 bits per heavy atom. The van der Waals surface area contributed by atoms with Gasteiger partial charge in [0, 0.05) is 30.9 Å². The number of nitrogens with one attached hydrogen (secondary N) is 13. The number of aromatic hydroxyl groups is 1. The molecule has 0 bridgehead atoms. The minimum absolute atomic E-state index is 0.00647. The average Bonchev–Trinajstić information content (AvgIpc) is 0.855. The quantitative estimate of drug-likeness (QED) is 0.0202. The summed E-state index contributed by atoms with van der Waals surface area (Å²) in [5.74, 6) is -17.4. The minimum atomic E-state index is -1.87. The molecular weight excluding hydrogens is 1460 g/mol. The summed E-state index contributed by atoms with van der Waals surface area (Å²) >= 11 is 0. The van der Waals surface area contributed by atoms with Gasteiger partial charge in [0.05, 0.1) is 32.2 Å². The number of aliphatic carboxylic acids is 1. The van der Waals surface area contributed by atoms with Gasteiger partial charge in [0.15, 0.2) is 5.96 Å². The van der Waals surface area contributed by atoms with Crippen LogP contribution in [-0.4, -0.2) is 238 Å². The zero-order chi connectivity index (χ0) is 81.4. The average molecular weight is 1570 g/mol. The molecule has 14 amide bonds. The second-order valence-corrected chi connectivity index (χ2v) is 29.5. The number of aliphatic hydroxyl groups excluding tert-OH is 2. The maximum Gasteiger partial charge on any atom is 0.327 e. The van der Waals surface area contributed by atoms with Gasteiger partial charge in [-0.15, -0.1) is 0 Å². The van der Waals surface area contributed by atoms with E-state index in [-0.39, 0.29) is 106 Å². The first-order chi connectivity index (χ1) is 51.6. The summed E-state index contributed by atoms with van der Waals surface area (Å²) < 4.78 is 0. The number of rotatable bonds is 24. The third-order valence-corrected chi connectivity index (χ3v) is 19.1. The largest absolute Gasteiger partial charge is 0.508 e. The van der Waals surface area contributed by atoms with Gasteiger partial charge in [-0.2, -0.15) is 0 Å². The van der Waals surface area contributed by atoms with E-state index in [1.54, 1.807) is 58.0 Å². The van der Waals surface area contributed by atoms with Crippen molar-refractivity contribution in [3.63, 3.8) is 0 Å². The van der Waals surface area contributed by atoms with E-state index < -0.39 is 193 Å². The maximum atomic E-state index is 14.7. The molecule has 0 radical (unpaired) electrons. The lowest BCUT2D eigenvalue weighted by atomic mass is 9.99. The molecule has 40 heteroatoms. The highest BCUT2D eigenvalue weighted by Gasteiger charge is 2.38. The number of carbonyl (C=O) groups excluding carboxylic acids is 14. The van der Waals surface area contributed by atoms with E-state index in [1.807, 2.05) is 6.92 Å². The van der Waals surface area contributed by atoms with Gasteiger partial charge in [-0.05, 0) is 99.9 Å². The van der Waals surface area contributed by atoms with Crippen LogP contribution in [0.3, 0.4) is 0 Å². The number of aliphatic hydroxyl groups is 2. The molecule has 1 saturated heterocycles. The van der Waals surface area contributed by atoms with E-state index in [9.17, 15) is 92.3 Å². The van der Waals surface area contributed by atoms with E-state index in [0.29, 0.717) is 30.4 Å². The van der Waals surface area contributed by atoms with Gasteiger partial charge < -0.3 is 118 Å². The number of nitrogens with two attached hydrogens (primary N) is 5. The lowest BCUT2D eigenvalue weighted by Gasteiger charge is -2.28. The molecule has 1 aliphatic heterocycles. The zero-order valence-corrected chi connectivity index (χ0v) is 63.7. The van der Waals surface area contributed by atoms with Gasteiger partial charge in [-0.25, -0.2) is 4.79 Å². The van der Waals surface area contributed by atoms with Crippen molar-refractivity contribution in [1.82, 2.24) is 69.1 Å². The van der Waals surface area contributed by atoms with Crippen LogP contribution in [-0.2, 0) is 84.8 Å². The molecule has 1 heterocycles. The first-order valence-electron chi connectivity index (χ1n) is 35.8. The Morgan fingerprint density at radius 3 is 1.42 bits per heavy atom. The molecule has 13 atom stereocenters. The number of carboxylic acids is 1. The summed E-state index contributed by atoms with van der Waals surface area (Å²) in [7, 11) is 1.68.